The largest absolute Gasteiger partial charge is 0.355 e. The molecule has 25 heavy (non-hydrogen) atoms. The second kappa shape index (κ2) is 8.47. The molecule has 1 amide bonds. The molecule has 4 nitrogen and oxygen atoms in total. The van der Waals surface area contributed by atoms with E-state index in [0.29, 0.717) is 6.54 Å². The molecular formula is C21H25N3O. The van der Waals surface area contributed by atoms with E-state index in [4.69, 9.17) is 4.98 Å². The van der Waals surface area contributed by atoms with Crippen molar-refractivity contribution in [3.05, 3.63) is 66.0 Å². The van der Waals surface area contributed by atoms with Gasteiger partial charge in [0.2, 0.25) is 5.91 Å². The Kier molecular flexibility index (Phi) is 5.83. The molecule has 0 spiro atoms. The van der Waals surface area contributed by atoms with Crippen LogP contribution in [0, 0.1) is 0 Å². The Balaban J connectivity index is 1.78. The fraction of sp³-hybridized carbons (Fsp3) is 0.333. The molecule has 0 aliphatic rings. The predicted octanol–water partition coefficient (Wildman–Crippen LogP) is 3.74. The highest BCUT2D eigenvalue weighted by atomic mass is 16.1. The number of carbonyl (C=O) groups excluding carboxylic acids is 1. The number of aryl methyl sites for hydroxylation is 2. The molecule has 0 saturated heterocycles. The first-order valence-corrected chi connectivity index (χ1v) is 9.02. The van der Waals surface area contributed by atoms with Crippen molar-refractivity contribution in [3.8, 4) is 0 Å². The maximum atomic E-state index is 12.3. The molecule has 4 heteroatoms. The summed E-state index contributed by atoms with van der Waals surface area (Å²) < 4.78 is 2.06. The molecule has 0 aliphatic heterocycles. The van der Waals surface area contributed by atoms with E-state index in [1.807, 2.05) is 30.3 Å². The molecular weight excluding hydrogens is 310 g/mol. The molecule has 0 unspecified atom stereocenters. The van der Waals surface area contributed by atoms with Gasteiger partial charge < -0.3 is 9.88 Å². The number of fused-ring (bicyclic) bond motifs is 1. The van der Waals surface area contributed by atoms with Crippen LogP contribution in [0.1, 0.15) is 31.2 Å². The van der Waals surface area contributed by atoms with E-state index in [2.05, 4.69) is 41.1 Å². The van der Waals surface area contributed by atoms with Crippen LogP contribution in [-0.4, -0.2) is 22.0 Å². The summed E-state index contributed by atoms with van der Waals surface area (Å²) in [5.41, 5.74) is 3.26. The average Bonchev–Trinajstić information content (AvgIpc) is 2.99. The molecule has 2 aromatic carbocycles. The lowest BCUT2D eigenvalue weighted by Gasteiger charge is -2.10. The van der Waals surface area contributed by atoms with Crippen LogP contribution in [0.3, 0.4) is 0 Å². The highest BCUT2D eigenvalue weighted by Crippen LogP contribution is 2.17. The minimum Gasteiger partial charge on any atom is -0.355 e. The number of imidazole rings is 1. The second-order valence-corrected chi connectivity index (χ2v) is 6.29. The monoisotopic (exact) mass is 335 g/mol. The second-order valence-electron chi connectivity index (χ2n) is 6.29. The van der Waals surface area contributed by atoms with Gasteiger partial charge >= 0.3 is 0 Å². The normalized spacial score (nSPS) is 10.9. The maximum absolute atomic E-state index is 12.3. The first-order valence-electron chi connectivity index (χ1n) is 9.02. The number of carbonyl (C=O) groups is 1. The van der Waals surface area contributed by atoms with Crippen LogP contribution < -0.4 is 5.32 Å². The smallest absolute Gasteiger partial charge is 0.240 e. The average molecular weight is 335 g/mol. The van der Waals surface area contributed by atoms with Gasteiger partial charge in [0.25, 0.3) is 0 Å². The summed E-state index contributed by atoms with van der Waals surface area (Å²) in [5.74, 6) is 1.02. The lowest BCUT2D eigenvalue weighted by molar-refractivity contribution is -0.121. The Morgan fingerprint density at radius 3 is 2.60 bits per heavy atom. The summed E-state index contributed by atoms with van der Waals surface area (Å²) in [7, 11) is 0. The van der Waals surface area contributed by atoms with Crippen LogP contribution in [0.15, 0.2) is 54.6 Å². The quantitative estimate of drug-likeness (QED) is 0.638. The third-order valence-corrected chi connectivity index (χ3v) is 4.37. The zero-order chi connectivity index (χ0) is 17.5. The number of rotatable bonds is 8. The van der Waals surface area contributed by atoms with E-state index in [1.54, 1.807) is 0 Å². The lowest BCUT2D eigenvalue weighted by Crippen LogP contribution is -2.29. The minimum atomic E-state index is 0.0533. The molecule has 3 rings (SSSR count). The van der Waals surface area contributed by atoms with E-state index in [9.17, 15) is 4.79 Å². The molecule has 0 aliphatic carbocycles. The molecule has 0 radical (unpaired) electrons. The molecule has 0 bridgehead atoms. The Morgan fingerprint density at radius 2 is 1.80 bits per heavy atom. The SMILES string of the molecule is CCCCNC(=O)Cn1c(CCc2ccccc2)nc2ccccc21. The van der Waals surface area contributed by atoms with Crippen molar-refractivity contribution in [3.63, 3.8) is 0 Å². The fourth-order valence-electron chi connectivity index (χ4n) is 3.00. The molecule has 1 heterocycles. The van der Waals surface area contributed by atoms with E-state index in [1.165, 1.54) is 5.56 Å². The standard InChI is InChI=1S/C21H25N3O/c1-2-3-15-22-21(25)16-24-19-12-8-7-11-18(19)23-20(24)14-13-17-9-5-4-6-10-17/h4-12H,2-3,13-16H2,1H3,(H,22,25). The van der Waals surface area contributed by atoms with Crippen molar-refractivity contribution in [1.29, 1.82) is 0 Å². The van der Waals surface area contributed by atoms with Crippen LogP contribution >= 0.6 is 0 Å². The van der Waals surface area contributed by atoms with Crippen LogP contribution in [-0.2, 0) is 24.2 Å². The molecule has 0 atom stereocenters. The van der Waals surface area contributed by atoms with Crippen LogP contribution in [0.5, 0.6) is 0 Å². The number of hydrogen-bond acceptors (Lipinski definition) is 2. The Morgan fingerprint density at radius 1 is 1.04 bits per heavy atom. The Hall–Kier alpha value is -2.62. The van der Waals surface area contributed by atoms with Gasteiger partial charge in [0.1, 0.15) is 12.4 Å². The summed E-state index contributed by atoms with van der Waals surface area (Å²) >= 11 is 0. The number of para-hydroxylation sites is 2. The van der Waals surface area contributed by atoms with Crippen molar-refractivity contribution in [1.82, 2.24) is 14.9 Å². The maximum Gasteiger partial charge on any atom is 0.240 e. The fourth-order valence-corrected chi connectivity index (χ4v) is 3.00. The third kappa shape index (κ3) is 4.47. The molecule has 0 fully saturated rings. The van der Waals surface area contributed by atoms with Gasteiger partial charge in [0, 0.05) is 13.0 Å². The van der Waals surface area contributed by atoms with Crippen molar-refractivity contribution in [2.45, 2.75) is 39.2 Å². The zero-order valence-corrected chi connectivity index (χ0v) is 14.7. The van der Waals surface area contributed by atoms with E-state index < -0.39 is 0 Å². The van der Waals surface area contributed by atoms with Gasteiger partial charge in [-0.25, -0.2) is 4.98 Å². The van der Waals surface area contributed by atoms with E-state index in [0.717, 1.165) is 49.1 Å². The topological polar surface area (TPSA) is 46.9 Å². The number of amides is 1. The Bertz CT molecular complexity index is 824. The highest BCUT2D eigenvalue weighted by Gasteiger charge is 2.13. The summed E-state index contributed by atoms with van der Waals surface area (Å²) in [6, 6.07) is 18.4. The molecule has 130 valence electrons. The number of unbranched alkanes of at least 4 members (excludes halogenated alkanes) is 1. The number of nitrogens with one attached hydrogen (secondary N) is 1. The van der Waals surface area contributed by atoms with Gasteiger partial charge in [-0.3, -0.25) is 4.79 Å². The predicted molar refractivity (Wildman–Crippen MR) is 102 cm³/mol. The summed E-state index contributed by atoms with van der Waals surface area (Å²) in [4.78, 5) is 17.1. The van der Waals surface area contributed by atoms with Crippen molar-refractivity contribution in [2.24, 2.45) is 0 Å². The third-order valence-electron chi connectivity index (χ3n) is 4.37. The van der Waals surface area contributed by atoms with Crippen LogP contribution in [0.25, 0.3) is 11.0 Å². The van der Waals surface area contributed by atoms with Gasteiger partial charge in [0.15, 0.2) is 0 Å². The van der Waals surface area contributed by atoms with Gasteiger partial charge in [-0.15, -0.1) is 0 Å². The number of hydrogen-bond donors (Lipinski definition) is 1. The van der Waals surface area contributed by atoms with E-state index in [-0.39, 0.29) is 5.91 Å². The van der Waals surface area contributed by atoms with Crippen LogP contribution in [0.2, 0.25) is 0 Å². The van der Waals surface area contributed by atoms with Gasteiger partial charge in [-0.05, 0) is 30.5 Å². The molecule has 0 saturated carbocycles. The Labute approximate surface area is 148 Å². The van der Waals surface area contributed by atoms with Crippen molar-refractivity contribution >= 4 is 16.9 Å². The summed E-state index contributed by atoms with van der Waals surface area (Å²) in [6.45, 7) is 3.19. The van der Waals surface area contributed by atoms with Crippen LogP contribution in [0.4, 0.5) is 0 Å². The van der Waals surface area contributed by atoms with Gasteiger partial charge in [0.05, 0.1) is 11.0 Å². The van der Waals surface area contributed by atoms with Gasteiger partial charge in [-0.2, -0.15) is 0 Å². The first kappa shape index (κ1) is 17.2. The van der Waals surface area contributed by atoms with Crippen molar-refractivity contribution in [2.75, 3.05) is 6.54 Å². The van der Waals surface area contributed by atoms with E-state index >= 15 is 0 Å². The molecule has 1 N–H and O–H groups in total. The zero-order valence-electron chi connectivity index (χ0n) is 14.7. The number of benzene rings is 2. The number of nitrogens with zero attached hydrogens (tertiary/aromatic N) is 2. The highest BCUT2D eigenvalue weighted by molar-refractivity contribution is 5.81. The lowest BCUT2D eigenvalue weighted by atomic mass is 10.1. The number of aromatic nitrogens is 2. The first-order chi connectivity index (χ1) is 12.3. The molecule has 1 aromatic heterocycles. The van der Waals surface area contributed by atoms with Crippen molar-refractivity contribution < 1.29 is 4.79 Å². The van der Waals surface area contributed by atoms with Gasteiger partial charge in [-0.1, -0.05) is 55.8 Å². The summed E-state index contributed by atoms with van der Waals surface area (Å²) in [6.07, 6.45) is 3.83. The summed E-state index contributed by atoms with van der Waals surface area (Å²) in [5, 5.41) is 3.00. The minimum absolute atomic E-state index is 0.0533. The molecule has 3 aromatic rings.